The molecule has 2 N–H and O–H groups in total. The minimum absolute atomic E-state index is 0.121. The van der Waals surface area contributed by atoms with Crippen LogP contribution in [-0.2, 0) is 4.79 Å². The number of carbonyl (C=O) groups excluding carboxylic acids is 2. The Labute approximate surface area is 157 Å². The Bertz CT molecular complexity index is 714. The minimum atomic E-state index is -0.585. The molecule has 2 unspecified atom stereocenters. The van der Waals surface area contributed by atoms with Gasteiger partial charge < -0.3 is 10.6 Å². The largest absolute Gasteiger partial charge is 0.353 e. The molecule has 1 heterocycles. The summed E-state index contributed by atoms with van der Waals surface area (Å²) in [5, 5.41) is 6.82. The van der Waals surface area contributed by atoms with Crippen molar-refractivity contribution in [1.29, 1.82) is 0 Å². The number of amides is 3. The van der Waals surface area contributed by atoms with E-state index in [2.05, 4.69) is 15.6 Å². The van der Waals surface area contributed by atoms with E-state index < -0.39 is 18.0 Å². The molecule has 3 amide bonds. The number of halogens is 2. The maximum atomic E-state index is 12.9. The summed E-state index contributed by atoms with van der Waals surface area (Å²) in [4.78, 5) is 28.8. The van der Waals surface area contributed by atoms with Crippen LogP contribution in [-0.4, -0.2) is 23.7 Å². The fraction of sp³-hybridized carbons (Fsp3) is 0.500. The van der Waals surface area contributed by atoms with Crippen LogP contribution in [0.4, 0.5) is 4.79 Å². The standard InChI is InChI=1S/C18H21Cl2N3O2/c1-10-15(17(24)22-12-5-3-2-4-6-12)16(23-18(25)21-10)13-8-7-11(19)9-14(13)20/h7-9,12,15-16H,2-6H2,1H3,(H,22,24)(H,23,25). The van der Waals surface area contributed by atoms with Gasteiger partial charge in [0.15, 0.2) is 0 Å². The lowest BCUT2D eigenvalue weighted by atomic mass is 9.86. The Balaban J connectivity index is 1.87. The average Bonchev–Trinajstić information content (AvgIpc) is 2.54. The van der Waals surface area contributed by atoms with E-state index in [1.165, 1.54) is 6.42 Å². The van der Waals surface area contributed by atoms with Crippen LogP contribution < -0.4 is 10.6 Å². The second-order valence-electron chi connectivity index (χ2n) is 6.67. The number of aliphatic imine (C=N–C) groups is 1. The molecule has 0 bridgehead atoms. The molecule has 7 heteroatoms. The van der Waals surface area contributed by atoms with Gasteiger partial charge in [-0.2, -0.15) is 0 Å². The zero-order chi connectivity index (χ0) is 18.0. The van der Waals surface area contributed by atoms with E-state index >= 15 is 0 Å². The molecule has 0 radical (unpaired) electrons. The molecule has 2 aliphatic rings. The zero-order valence-electron chi connectivity index (χ0n) is 14.0. The monoisotopic (exact) mass is 381 g/mol. The highest BCUT2D eigenvalue weighted by molar-refractivity contribution is 6.35. The summed E-state index contributed by atoms with van der Waals surface area (Å²) < 4.78 is 0. The number of carbonyl (C=O) groups is 2. The number of rotatable bonds is 3. The number of nitrogens with one attached hydrogen (secondary N) is 2. The van der Waals surface area contributed by atoms with E-state index in [1.807, 2.05) is 0 Å². The van der Waals surface area contributed by atoms with E-state index in [-0.39, 0.29) is 11.9 Å². The minimum Gasteiger partial charge on any atom is -0.353 e. The van der Waals surface area contributed by atoms with Gasteiger partial charge in [0.1, 0.15) is 5.92 Å². The van der Waals surface area contributed by atoms with Crippen molar-refractivity contribution in [2.45, 2.75) is 51.1 Å². The molecule has 5 nitrogen and oxygen atoms in total. The van der Waals surface area contributed by atoms with Crippen molar-refractivity contribution in [2.24, 2.45) is 10.9 Å². The first kappa shape index (κ1) is 18.2. The number of hydrogen-bond acceptors (Lipinski definition) is 2. The summed E-state index contributed by atoms with van der Waals surface area (Å²) in [6, 6.07) is 4.23. The van der Waals surface area contributed by atoms with Crippen molar-refractivity contribution < 1.29 is 9.59 Å². The fourth-order valence-electron chi connectivity index (χ4n) is 3.61. The second kappa shape index (κ2) is 7.75. The maximum Gasteiger partial charge on any atom is 0.341 e. The van der Waals surface area contributed by atoms with Gasteiger partial charge in [-0.05, 0) is 37.5 Å². The molecule has 1 aromatic rings. The topological polar surface area (TPSA) is 70.6 Å². The molecule has 25 heavy (non-hydrogen) atoms. The first-order valence-corrected chi connectivity index (χ1v) is 9.32. The van der Waals surface area contributed by atoms with Gasteiger partial charge in [0.05, 0.1) is 6.04 Å². The summed E-state index contributed by atoms with van der Waals surface area (Å²) in [7, 11) is 0. The van der Waals surface area contributed by atoms with Gasteiger partial charge in [-0.3, -0.25) is 4.79 Å². The Hall–Kier alpha value is -1.59. The normalized spacial score (nSPS) is 24.4. The molecule has 3 rings (SSSR count). The highest BCUT2D eigenvalue weighted by Crippen LogP contribution is 2.33. The highest BCUT2D eigenvalue weighted by Gasteiger charge is 2.38. The third-order valence-electron chi connectivity index (χ3n) is 4.87. The quantitative estimate of drug-likeness (QED) is 0.819. The van der Waals surface area contributed by atoms with Crippen molar-refractivity contribution in [3.63, 3.8) is 0 Å². The van der Waals surface area contributed by atoms with E-state index in [0.717, 1.165) is 25.7 Å². The molecule has 0 aromatic heterocycles. The Morgan fingerprint density at radius 2 is 1.96 bits per heavy atom. The van der Waals surface area contributed by atoms with Gasteiger partial charge >= 0.3 is 6.03 Å². The van der Waals surface area contributed by atoms with E-state index in [4.69, 9.17) is 23.2 Å². The summed E-state index contributed by atoms with van der Waals surface area (Å²) >= 11 is 12.3. The lowest BCUT2D eigenvalue weighted by molar-refractivity contribution is -0.124. The number of benzene rings is 1. The predicted octanol–water partition coefficient (Wildman–Crippen LogP) is 4.28. The van der Waals surface area contributed by atoms with E-state index in [0.29, 0.717) is 21.3 Å². The molecule has 1 aliphatic heterocycles. The van der Waals surface area contributed by atoms with Crippen molar-refractivity contribution in [1.82, 2.24) is 10.6 Å². The predicted molar refractivity (Wildman–Crippen MR) is 99.3 cm³/mol. The molecule has 1 aromatic carbocycles. The van der Waals surface area contributed by atoms with Crippen LogP contribution in [0.15, 0.2) is 23.2 Å². The zero-order valence-corrected chi connectivity index (χ0v) is 15.5. The molecule has 1 aliphatic carbocycles. The van der Waals surface area contributed by atoms with Gasteiger partial charge in [0.25, 0.3) is 0 Å². The second-order valence-corrected chi connectivity index (χ2v) is 7.51. The molecule has 0 saturated heterocycles. The molecular weight excluding hydrogens is 361 g/mol. The smallest absolute Gasteiger partial charge is 0.341 e. The van der Waals surface area contributed by atoms with Crippen molar-refractivity contribution in [3.05, 3.63) is 33.8 Å². The van der Waals surface area contributed by atoms with Crippen LogP contribution in [0, 0.1) is 5.92 Å². The lowest BCUT2D eigenvalue weighted by Crippen LogP contribution is -2.50. The lowest BCUT2D eigenvalue weighted by Gasteiger charge is -2.33. The fourth-order valence-corrected chi connectivity index (χ4v) is 4.14. The van der Waals surface area contributed by atoms with Crippen LogP contribution >= 0.6 is 23.2 Å². The van der Waals surface area contributed by atoms with Crippen LogP contribution in [0.3, 0.4) is 0 Å². The first-order chi connectivity index (χ1) is 12.0. The molecule has 0 spiro atoms. The summed E-state index contributed by atoms with van der Waals surface area (Å²) in [5.74, 6) is -0.706. The molecule has 1 saturated carbocycles. The van der Waals surface area contributed by atoms with Gasteiger partial charge in [0, 0.05) is 21.8 Å². The molecule has 1 fully saturated rings. The van der Waals surface area contributed by atoms with Crippen molar-refractivity contribution in [2.75, 3.05) is 0 Å². The van der Waals surface area contributed by atoms with Crippen LogP contribution in [0.1, 0.15) is 50.6 Å². The SMILES string of the molecule is CC1=NC(=O)NC(c2ccc(Cl)cc2Cl)C1C(=O)NC1CCCCC1. The Morgan fingerprint density at radius 1 is 1.24 bits per heavy atom. The first-order valence-electron chi connectivity index (χ1n) is 8.56. The molecule has 2 atom stereocenters. The van der Waals surface area contributed by atoms with Crippen molar-refractivity contribution in [3.8, 4) is 0 Å². The maximum absolute atomic E-state index is 12.9. The summed E-state index contributed by atoms with van der Waals surface area (Å²) in [5.41, 5.74) is 1.16. The summed E-state index contributed by atoms with van der Waals surface area (Å²) in [6.45, 7) is 1.71. The summed E-state index contributed by atoms with van der Waals surface area (Å²) in [6.07, 6.45) is 5.47. The highest BCUT2D eigenvalue weighted by atomic mass is 35.5. The Kier molecular flexibility index (Phi) is 5.64. The number of urea groups is 1. The van der Waals surface area contributed by atoms with Crippen molar-refractivity contribution >= 4 is 40.9 Å². The van der Waals surface area contributed by atoms with Crippen LogP contribution in [0.5, 0.6) is 0 Å². The van der Waals surface area contributed by atoms with Gasteiger partial charge in [-0.25, -0.2) is 9.79 Å². The van der Waals surface area contributed by atoms with E-state index in [9.17, 15) is 9.59 Å². The van der Waals surface area contributed by atoms with Crippen LogP contribution in [0.25, 0.3) is 0 Å². The average molecular weight is 382 g/mol. The molecule has 134 valence electrons. The van der Waals surface area contributed by atoms with Gasteiger partial charge in [-0.1, -0.05) is 48.5 Å². The molecular formula is C18H21Cl2N3O2. The van der Waals surface area contributed by atoms with E-state index in [1.54, 1.807) is 25.1 Å². The van der Waals surface area contributed by atoms with Gasteiger partial charge in [-0.15, -0.1) is 0 Å². The van der Waals surface area contributed by atoms with Gasteiger partial charge in [0.2, 0.25) is 5.91 Å². The number of hydrogen-bond donors (Lipinski definition) is 2. The number of nitrogens with zero attached hydrogens (tertiary/aromatic N) is 1. The third-order valence-corrected chi connectivity index (χ3v) is 5.43. The van der Waals surface area contributed by atoms with Crippen LogP contribution in [0.2, 0.25) is 10.0 Å². The third kappa shape index (κ3) is 4.15. The Morgan fingerprint density at radius 3 is 2.64 bits per heavy atom.